The number of esters is 1. The highest BCUT2D eigenvalue weighted by Gasteiger charge is 2.13. The van der Waals surface area contributed by atoms with E-state index in [4.69, 9.17) is 9.47 Å². The van der Waals surface area contributed by atoms with Crippen LogP contribution in [-0.2, 0) is 11.3 Å². The van der Waals surface area contributed by atoms with Gasteiger partial charge >= 0.3 is 5.97 Å². The highest BCUT2D eigenvalue weighted by molar-refractivity contribution is 5.95. The lowest BCUT2D eigenvalue weighted by molar-refractivity contribution is 0.0602. The first-order chi connectivity index (χ1) is 10.7. The van der Waals surface area contributed by atoms with Crippen molar-refractivity contribution >= 4 is 11.6 Å². The van der Waals surface area contributed by atoms with Gasteiger partial charge in [0.15, 0.2) is 17.1 Å². The van der Waals surface area contributed by atoms with Gasteiger partial charge in [0.25, 0.3) is 0 Å². The first-order valence-corrected chi connectivity index (χ1v) is 6.65. The van der Waals surface area contributed by atoms with E-state index in [1.807, 2.05) is 0 Å². The molecule has 22 heavy (non-hydrogen) atoms. The number of carbonyl (C=O) groups excluding carboxylic acids is 1. The number of hydrogen-bond acceptors (Lipinski definition) is 5. The molecule has 2 aromatic heterocycles. The van der Waals surface area contributed by atoms with Crippen molar-refractivity contribution < 1.29 is 19.4 Å². The summed E-state index contributed by atoms with van der Waals surface area (Å²) < 4.78 is 12.0. The van der Waals surface area contributed by atoms with Crippen molar-refractivity contribution in [2.45, 2.75) is 6.61 Å². The average Bonchev–Trinajstić information content (AvgIpc) is 2.96. The number of phenols is 1. The van der Waals surface area contributed by atoms with Crippen molar-refractivity contribution in [3.63, 3.8) is 0 Å². The minimum absolute atomic E-state index is 0.0708. The van der Waals surface area contributed by atoms with Gasteiger partial charge in [0.1, 0.15) is 12.2 Å². The number of carbonyl (C=O) groups is 1. The monoisotopic (exact) mass is 298 g/mol. The number of aromatic nitrogens is 2. The maximum Gasteiger partial charge on any atom is 0.341 e. The van der Waals surface area contributed by atoms with Crippen molar-refractivity contribution in [2.75, 3.05) is 7.11 Å². The van der Waals surface area contributed by atoms with Crippen LogP contribution in [0.25, 0.3) is 5.65 Å². The van der Waals surface area contributed by atoms with Crippen LogP contribution < -0.4 is 4.74 Å². The minimum Gasteiger partial charge on any atom is -0.504 e. The fraction of sp³-hybridized carbons (Fsp3) is 0.125. The molecule has 0 aliphatic heterocycles. The number of hydrogen-bond donors (Lipinski definition) is 1. The molecule has 1 N–H and O–H groups in total. The van der Waals surface area contributed by atoms with Gasteiger partial charge in [0, 0.05) is 12.4 Å². The Morgan fingerprint density at radius 1 is 1.27 bits per heavy atom. The quantitative estimate of drug-likeness (QED) is 0.749. The van der Waals surface area contributed by atoms with Crippen molar-refractivity contribution in [3.05, 3.63) is 60.0 Å². The van der Waals surface area contributed by atoms with E-state index in [1.165, 1.54) is 7.11 Å². The summed E-state index contributed by atoms with van der Waals surface area (Å²) in [7, 11) is 1.33. The summed E-state index contributed by atoms with van der Waals surface area (Å²) in [6.45, 7) is 0.180. The second-order valence-electron chi connectivity index (χ2n) is 4.63. The number of aromatic hydroxyl groups is 1. The van der Waals surface area contributed by atoms with Gasteiger partial charge in [0.05, 0.1) is 12.8 Å². The number of ether oxygens (including phenoxy) is 2. The molecule has 0 amide bonds. The van der Waals surface area contributed by atoms with E-state index in [0.717, 1.165) is 0 Å². The van der Waals surface area contributed by atoms with Crippen LogP contribution in [0, 0.1) is 0 Å². The molecule has 0 aliphatic carbocycles. The van der Waals surface area contributed by atoms with Gasteiger partial charge in [-0.05, 0) is 24.3 Å². The fourth-order valence-corrected chi connectivity index (χ4v) is 2.13. The topological polar surface area (TPSA) is 73.1 Å². The van der Waals surface area contributed by atoms with Crippen LogP contribution in [-0.4, -0.2) is 27.6 Å². The Morgan fingerprint density at radius 3 is 2.86 bits per heavy atom. The summed E-state index contributed by atoms with van der Waals surface area (Å²) in [5, 5.41) is 9.67. The Balaban J connectivity index is 1.86. The van der Waals surface area contributed by atoms with Crippen molar-refractivity contribution in [1.29, 1.82) is 0 Å². The third kappa shape index (κ3) is 2.58. The molecule has 0 spiro atoms. The van der Waals surface area contributed by atoms with Gasteiger partial charge in [-0.1, -0.05) is 12.1 Å². The number of nitrogens with zero attached hydrogens (tertiary/aromatic N) is 2. The first kappa shape index (κ1) is 13.9. The number of imidazole rings is 1. The second-order valence-corrected chi connectivity index (χ2v) is 4.63. The molecule has 3 aromatic rings. The maximum absolute atomic E-state index is 11.7. The number of benzene rings is 1. The van der Waals surface area contributed by atoms with E-state index in [0.29, 0.717) is 22.7 Å². The molecule has 0 unspecified atom stereocenters. The van der Waals surface area contributed by atoms with Crippen LogP contribution in [0.15, 0.2) is 48.8 Å². The summed E-state index contributed by atoms with van der Waals surface area (Å²) in [6, 6.07) is 10.1. The minimum atomic E-state index is -0.440. The third-order valence-electron chi connectivity index (χ3n) is 3.18. The molecule has 1 aromatic carbocycles. The first-order valence-electron chi connectivity index (χ1n) is 6.65. The summed E-state index contributed by atoms with van der Waals surface area (Å²) in [6.07, 6.45) is 3.56. The third-order valence-corrected chi connectivity index (χ3v) is 3.18. The largest absolute Gasteiger partial charge is 0.504 e. The van der Waals surface area contributed by atoms with Gasteiger partial charge < -0.3 is 19.0 Å². The molecule has 0 fully saturated rings. The molecule has 0 aliphatic rings. The zero-order valence-corrected chi connectivity index (χ0v) is 11.9. The second kappa shape index (κ2) is 5.77. The standard InChI is InChI=1S/C16H14N2O4/c1-21-16(20)12-5-4-8-18-9-11(17-15(12)18)10-22-14-7-3-2-6-13(14)19/h2-9,19H,10H2,1H3. The molecular formula is C16H14N2O4. The number of rotatable bonds is 4. The summed E-state index contributed by atoms with van der Waals surface area (Å²) in [5.41, 5.74) is 1.53. The number of para-hydroxylation sites is 2. The van der Waals surface area contributed by atoms with Crippen LogP contribution in [0.2, 0.25) is 0 Å². The van der Waals surface area contributed by atoms with Crippen LogP contribution in [0.3, 0.4) is 0 Å². The van der Waals surface area contributed by atoms with E-state index in [9.17, 15) is 9.90 Å². The number of phenolic OH excluding ortho intramolecular Hbond substituents is 1. The van der Waals surface area contributed by atoms with Crippen LogP contribution in [0.4, 0.5) is 0 Å². The van der Waals surface area contributed by atoms with Crippen molar-refractivity contribution in [1.82, 2.24) is 9.38 Å². The Labute approximate surface area is 126 Å². The predicted molar refractivity (Wildman–Crippen MR) is 79.0 cm³/mol. The Bertz CT molecular complexity index is 826. The Morgan fingerprint density at radius 2 is 2.09 bits per heavy atom. The summed E-state index contributed by atoms with van der Waals surface area (Å²) >= 11 is 0. The Kier molecular flexibility index (Phi) is 3.65. The molecule has 6 heteroatoms. The molecule has 112 valence electrons. The molecule has 0 radical (unpaired) electrons. The van der Waals surface area contributed by atoms with E-state index in [-0.39, 0.29) is 12.4 Å². The number of fused-ring (bicyclic) bond motifs is 1. The molecule has 6 nitrogen and oxygen atoms in total. The van der Waals surface area contributed by atoms with E-state index in [2.05, 4.69) is 4.98 Å². The van der Waals surface area contributed by atoms with Crippen molar-refractivity contribution in [2.24, 2.45) is 0 Å². The van der Waals surface area contributed by atoms with Gasteiger partial charge in [-0.25, -0.2) is 9.78 Å². The molecule has 0 saturated carbocycles. The molecular weight excluding hydrogens is 284 g/mol. The predicted octanol–water partition coefficient (Wildman–Crippen LogP) is 2.41. The zero-order chi connectivity index (χ0) is 15.5. The van der Waals surface area contributed by atoms with E-state index >= 15 is 0 Å². The highest BCUT2D eigenvalue weighted by Crippen LogP contribution is 2.25. The van der Waals surface area contributed by atoms with Crippen molar-refractivity contribution in [3.8, 4) is 11.5 Å². The Hall–Kier alpha value is -3.02. The lowest BCUT2D eigenvalue weighted by Crippen LogP contribution is -2.03. The number of methoxy groups -OCH3 is 1. The van der Waals surface area contributed by atoms with E-state index < -0.39 is 5.97 Å². The summed E-state index contributed by atoms with van der Waals surface area (Å²) in [5.74, 6) is 0.0126. The van der Waals surface area contributed by atoms with Gasteiger partial charge in [-0.2, -0.15) is 0 Å². The maximum atomic E-state index is 11.7. The van der Waals surface area contributed by atoms with Gasteiger partial charge in [-0.15, -0.1) is 0 Å². The zero-order valence-electron chi connectivity index (χ0n) is 11.9. The highest BCUT2D eigenvalue weighted by atomic mass is 16.5. The summed E-state index contributed by atoms with van der Waals surface area (Å²) in [4.78, 5) is 16.1. The molecule has 2 heterocycles. The van der Waals surface area contributed by atoms with Crippen LogP contribution >= 0.6 is 0 Å². The average molecular weight is 298 g/mol. The molecule has 0 saturated heterocycles. The molecule has 0 bridgehead atoms. The normalized spacial score (nSPS) is 10.6. The van der Waals surface area contributed by atoms with E-state index in [1.54, 1.807) is 53.2 Å². The smallest absolute Gasteiger partial charge is 0.341 e. The molecule has 3 rings (SSSR count). The van der Waals surface area contributed by atoms with Gasteiger partial charge in [0.2, 0.25) is 0 Å². The SMILES string of the molecule is COC(=O)c1cccn2cc(COc3ccccc3O)nc12. The van der Waals surface area contributed by atoms with Gasteiger partial charge in [-0.3, -0.25) is 0 Å². The lowest BCUT2D eigenvalue weighted by Gasteiger charge is -2.05. The number of pyridine rings is 1. The fourth-order valence-electron chi connectivity index (χ4n) is 2.13. The van der Waals surface area contributed by atoms with Crippen LogP contribution in [0.1, 0.15) is 16.1 Å². The lowest BCUT2D eigenvalue weighted by atomic mass is 10.3. The van der Waals surface area contributed by atoms with Crippen LogP contribution in [0.5, 0.6) is 11.5 Å². The molecule has 0 atom stereocenters.